The molecule has 3 heteroatoms. The third kappa shape index (κ3) is 16.9. The quantitative estimate of drug-likeness (QED) is 0.222. The summed E-state index contributed by atoms with van der Waals surface area (Å²) in [7, 11) is 0. The SMILES string of the molecule is CCCCCCCCCCCC(O)(CCCCCCCCC)CC(=O)O. The molecular formula is C23H46O3. The van der Waals surface area contributed by atoms with E-state index in [4.69, 9.17) is 5.11 Å². The van der Waals surface area contributed by atoms with Crippen LogP contribution in [0.1, 0.15) is 136 Å². The summed E-state index contributed by atoms with van der Waals surface area (Å²) in [5.41, 5.74) is -0.990. The minimum atomic E-state index is -0.990. The first-order valence-electron chi connectivity index (χ1n) is 11.5. The molecule has 2 N–H and O–H groups in total. The van der Waals surface area contributed by atoms with Crippen LogP contribution >= 0.6 is 0 Å². The Hall–Kier alpha value is -0.570. The van der Waals surface area contributed by atoms with E-state index in [1.54, 1.807) is 0 Å². The van der Waals surface area contributed by atoms with Crippen molar-refractivity contribution in [1.82, 2.24) is 0 Å². The van der Waals surface area contributed by atoms with Gasteiger partial charge in [-0.05, 0) is 12.8 Å². The Labute approximate surface area is 163 Å². The number of carboxylic acids is 1. The molecule has 0 aromatic rings. The lowest BCUT2D eigenvalue weighted by atomic mass is 9.87. The first-order valence-corrected chi connectivity index (χ1v) is 11.5. The van der Waals surface area contributed by atoms with Gasteiger partial charge in [0.2, 0.25) is 0 Å². The number of unbranched alkanes of at least 4 members (excludes halogenated alkanes) is 14. The van der Waals surface area contributed by atoms with E-state index in [-0.39, 0.29) is 6.42 Å². The number of aliphatic carboxylic acids is 1. The van der Waals surface area contributed by atoms with E-state index in [0.29, 0.717) is 12.8 Å². The van der Waals surface area contributed by atoms with Crippen LogP contribution in [0, 0.1) is 0 Å². The number of hydrogen-bond acceptors (Lipinski definition) is 2. The van der Waals surface area contributed by atoms with Crippen LogP contribution < -0.4 is 0 Å². The highest BCUT2D eigenvalue weighted by Crippen LogP contribution is 2.27. The Morgan fingerprint density at radius 2 is 0.923 bits per heavy atom. The molecular weight excluding hydrogens is 324 g/mol. The molecule has 0 rings (SSSR count). The summed E-state index contributed by atoms with van der Waals surface area (Å²) in [6.45, 7) is 4.46. The van der Waals surface area contributed by atoms with Crippen LogP contribution in [0.25, 0.3) is 0 Å². The molecule has 0 aromatic carbocycles. The Morgan fingerprint density at radius 3 is 1.23 bits per heavy atom. The summed E-state index contributed by atoms with van der Waals surface area (Å²) >= 11 is 0. The Balaban J connectivity index is 3.83. The standard InChI is InChI=1S/C23H46O3/c1-3-5-7-9-11-12-14-16-18-20-23(26,21-22(24)25)19-17-15-13-10-8-6-4-2/h26H,3-21H2,1-2H3,(H,24,25). The molecule has 0 aliphatic carbocycles. The lowest BCUT2D eigenvalue weighted by molar-refractivity contribution is -0.143. The zero-order chi connectivity index (χ0) is 19.5. The fourth-order valence-electron chi connectivity index (χ4n) is 3.76. The fraction of sp³-hybridized carbons (Fsp3) is 0.957. The molecule has 1 unspecified atom stereocenters. The van der Waals surface area contributed by atoms with Crippen molar-refractivity contribution in [3.05, 3.63) is 0 Å². The Morgan fingerprint density at radius 1 is 0.615 bits per heavy atom. The number of carbonyl (C=O) groups is 1. The number of rotatable bonds is 20. The van der Waals surface area contributed by atoms with Crippen molar-refractivity contribution in [3.8, 4) is 0 Å². The van der Waals surface area contributed by atoms with Crippen molar-refractivity contribution < 1.29 is 15.0 Å². The summed E-state index contributed by atoms with van der Waals surface area (Å²) in [5, 5.41) is 19.9. The van der Waals surface area contributed by atoms with Crippen molar-refractivity contribution in [2.24, 2.45) is 0 Å². The Kier molecular flexibility index (Phi) is 17.4. The van der Waals surface area contributed by atoms with E-state index in [1.807, 2.05) is 0 Å². The molecule has 0 saturated heterocycles. The van der Waals surface area contributed by atoms with E-state index in [2.05, 4.69) is 13.8 Å². The van der Waals surface area contributed by atoms with Gasteiger partial charge in [0, 0.05) is 0 Å². The lowest BCUT2D eigenvalue weighted by Gasteiger charge is -2.26. The molecule has 0 fully saturated rings. The number of hydrogen-bond donors (Lipinski definition) is 2. The normalized spacial score (nSPS) is 13.7. The molecule has 0 spiro atoms. The second kappa shape index (κ2) is 17.8. The van der Waals surface area contributed by atoms with Crippen LogP contribution in [0.5, 0.6) is 0 Å². The minimum Gasteiger partial charge on any atom is -0.481 e. The third-order valence-electron chi connectivity index (χ3n) is 5.47. The topological polar surface area (TPSA) is 57.5 Å². The molecule has 0 heterocycles. The predicted molar refractivity (Wildman–Crippen MR) is 112 cm³/mol. The minimum absolute atomic E-state index is 0.0974. The van der Waals surface area contributed by atoms with E-state index in [0.717, 1.165) is 25.7 Å². The summed E-state index contributed by atoms with van der Waals surface area (Å²) in [4.78, 5) is 11.1. The zero-order valence-corrected chi connectivity index (χ0v) is 17.7. The third-order valence-corrected chi connectivity index (χ3v) is 5.47. The van der Waals surface area contributed by atoms with Gasteiger partial charge in [-0.3, -0.25) is 4.79 Å². The maximum Gasteiger partial charge on any atom is 0.306 e. The monoisotopic (exact) mass is 370 g/mol. The molecule has 156 valence electrons. The van der Waals surface area contributed by atoms with Crippen LogP contribution in [-0.4, -0.2) is 21.8 Å². The van der Waals surface area contributed by atoms with Gasteiger partial charge in [0.25, 0.3) is 0 Å². The van der Waals surface area contributed by atoms with Crippen LogP contribution in [0.2, 0.25) is 0 Å². The number of aliphatic hydroxyl groups is 1. The van der Waals surface area contributed by atoms with Gasteiger partial charge in [-0.15, -0.1) is 0 Å². The summed E-state index contributed by atoms with van der Waals surface area (Å²) in [6.07, 6.45) is 20.8. The van der Waals surface area contributed by atoms with Gasteiger partial charge in [-0.1, -0.05) is 117 Å². The van der Waals surface area contributed by atoms with Crippen LogP contribution in [0.3, 0.4) is 0 Å². The zero-order valence-electron chi connectivity index (χ0n) is 17.7. The highest BCUT2D eigenvalue weighted by atomic mass is 16.4. The fourth-order valence-corrected chi connectivity index (χ4v) is 3.76. The molecule has 1 atom stereocenters. The van der Waals surface area contributed by atoms with Crippen LogP contribution in [0.15, 0.2) is 0 Å². The molecule has 26 heavy (non-hydrogen) atoms. The van der Waals surface area contributed by atoms with E-state index in [1.165, 1.54) is 77.0 Å². The first kappa shape index (κ1) is 25.4. The Bertz CT molecular complexity index is 317. The van der Waals surface area contributed by atoms with Gasteiger partial charge in [-0.25, -0.2) is 0 Å². The first-order chi connectivity index (χ1) is 12.5. The summed E-state index contributed by atoms with van der Waals surface area (Å²) < 4.78 is 0. The number of carboxylic acid groups (broad SMARTS) is 1. The molecule has 0 amide bonds. The van der Waals surface area contributed by atoms with Crippen LogP contribution in [-0.2, 0) is 4.79 Å². The molecule has 0 aromatic heterocycles. The highest BCUT2D eigenvalue weighted by molar-refractivity contribution is 5.68. The van der Waals surface area contributed by atoms with E-state index < -0.39 is 11.6 Å². The second-order valence-corrected chi connectivity index (χ2v) is 8.24. The van der Waals surface area contributed by atoms with E-state index in [9.17, 15) is 9.90 Å². The van der Waals surface area contributed by atoms with Gasteiger partial charge in [0.1, 0.15) is 0 Å². The van der Waals surface area contributed by atoms with Gasteiger partial charge >= 0.3 is 5.97 Å². The maximum atomic E-state index is 11.1. The summed E-state index contributed by atoms with van der Waals surface area (Å²) in [5.74, 6) is -0.869. The lowest BCUT2D eigenvalue weighted by Crippen LogP contribution is -2.31. The molecule has 0 aliphatic heterocycles. The molecule has 3 nitrogen and oxygen atoms in total. The predicted octanol–water partition coefficient (Wildman–Crippen LogP) is 7.25. The van der Waals surface area contributed by atoms with Gasteiger partial charge in [0.05, 0.1) is 12.0 Å². The van der Waals surface area contributed by atoms with Crippen molar-refractivity contribution in [2.45, 2.75) is 141 Å². The summed E-state index contributed by atoms with van der Waals surface area (Å²) in [6, 6.07) is 0. The van der Waals surface area contributed by atoms with Crippen LogP contribution in [0.4, 0.5) is 0 Å². The van der Waals surface area contributed by atoms with Gasteiger partial charge in [0.15, 0.2) is 0 Å². The van der Waals surface area contributed by atoms with E-state index >= 15 is 0 Å². The van der Waals surface area contributed by atoms with Gasteiger partial charge in [-0.2, -0.15) is 0 Å². The molecule has 0 bridgehead atoms. The van der Waals surface area contributed by atoms with Crippen molar-refractivity contribution >= 4 is 5.97 Å². The smallest absolute Gasteiger partial charge is 0.306 e. The van der Waals surface area contributed by atoms with Gasteiger partial charge < -0.3 is 10.2 Å². The largest absolute Gasteiger partial charge is 0.481 e. The average Bonchev–Trinajstić information content (AvgIpc) is 2.59. The van der Waals surface area contributed by atoms with Crippen molar-refractivity contribution in [1.29, 1.82) is 0 Å². The van der Waals surface area contributed by atoms with Crippen molar-refractivity contribution in [2.75, 3.05) is 0 Å². The second-order valence-electron chi connectivity index (χ2n) is 8.24. The molecule has 0 radical (unpaired) electrons. The van der Waals surface area contributed by atoms with Crippen molar-refractivity contribution in [3.63, 3.8) is 0 Å². The highest BCUT2D eigenvalue weighted by Gasteiger charge is 2.28. The maximum absolute atomic E-state index is 11.1. The average molecular weight is 371 g/mol. The molecule has 0 aliphatic rings. The molecule has 0 saturated carbocycles.